The minimum absolute atomic E-state index is 0.537. The van der Waals surface area contributed by atoms with E-state index < -0.39 is 0 Å². The Morgan fingerprint density at radius 1 is 1.29 bits per heavy atom. The molecule has 78 valence electrons. The van der Waals surface area contributed by atoms with Crippen molar-refractivity contribution < 1.29 is 4.74 Å². The van der Waals surface area contributed by atoms with Gasteiger partial charge < -0.3 is 15.0 Å². The van der Waals surface area contributed by atoms with Crippen LogP contribution in [-0.4, -0.2) is 42.4 Å². The normalized spacial score (nSPS) is 44.2. The summed E-state index contributed by atoms with van der Waals surface area (Å²) in [5, 5.41) is 3.96. The first kappa shape index (κ1) is 8.92. The van der Waals surface area contributed by atoms with Crippen LogP contribution >= 0.6 is 12.2 Å². The van der Waals surface area contributed by atoms with E-state index in [9.17, 15) is 0 Å². The maximum absolute atomic E-state index is 5.91. The molecular weight excluding hydrogens is 196 g/mol. The summed E-state index contributed by atoms with van der Waals surface area (Å²) in [7, 11) is 1.90. The lowest BCUT2D eigenvalue weighted by molar-refractivity contribution is 0.0769. The minimum Gasteiger partial charge on any atom is -0.374 e. The molecule has 0 spiro atoms. The van der Waals surface area contributed by atoms with Gasteiger partial charge in [-0.25, -0.2) is 0 Å². The molecule has 0 aromatic carbocycles. The first-order valence-corrected chi connectivity index (χ1v) is 5.82. The summed E-state index contributed by atoms with van der Waals surface area (Å²) in [5.41, 5.74) is 0. The number of hydrogen-bond donors (Lipinski definition) is 1. The van der Waals surface area contributed by atoms with Crippen molar-refractivity contribution in [2.24, 2.45) is 11.8 Å². The van der Waals surface area contributed by atoms with Crippen LogP contribution in [0.2, 0.25) is 0 Å². The van der Waals surface area contributed by atoms with Gasteiger partial charge in [-0.2, -0.15) is 0 Å². The maximum Gasteiger partial charge on any atom is 0.168 e. The minimum atomic E-state index is 0.537. The SMILES string of the molecule is CNC(=S)N1C[C@@H]2[C@H](C1)[C@H]1CC[C@@H]2O1. The van der Waals surface area contributed by atoms with Gasteiger partial charge in [0.05, 0.1) is 12.2 Å². The van der Waals surface area contributed by atoms with Gasteiger partial charge in [0, 0.05) is 32.0 Å². The maximum atomic E-state index is 5.91. The molecule has 0 saturated carbocycles. The second kappa shape index (κ2) is 3.07. The molecule has 3 aliphatic heterocycles. The molecule has 3 saturated heterocycles. The Morgan fingerprint density at radius 3 is 2.36 bits per heavy atom. The Labute approximate surface area is 89.8 Å². The van der Waals surface area contributed by atoms with Crippen molar-refractivity contribution in [1.29, 1.82) is 0 Å². The molecule has 4 atom stereocenters. The summed E-state index contributed by atoms with van der Waals surface area (Å²) in [6.45, 7) is 2.21. The Balaban J connectivity index is 1.73. The third kappa shape index (κ3) is 1.10. The van der Waals surface area contributed by atoms with Crippen LogP contribution in [0, 0.1) is 11.8 Å². The highest BCUT2D eigenvalue weighted by atomic mass is 32.1. The van der Waals surface area contributed by atoms with Crippen LogP contribution in [0.4, 0.5) is 0 Å². The Bertz CT molecular complexity index is 253. The molecule has 3 heterocycles. The fraction of sp³-hybridized carbons (Fsp3) is 0.900. The Hall–Kier alpha value is -0.350. The number of hydrogen-bond acceptors (Lipinski definition) is 2. The van der Waals surface area contributed by atoms with Gasteiger partial charge in [-0.1, -0.05) is 0 Å². The first-order chi connectivity index (χ1) is 6.79. The Morgan fingerprint density at radius 2 is 1.86 bits per heavy atom. The quantitative estimate of drug-likeness (QED) is 0.594. The van der Waals surface area contributed by atoms with E-state index in [1.54, 1.807) is 0 Å². The highest BCUT2D eigenvalue weighted by Crippen LogP contribution is 2.47. The topological polar surface area (TPSA) is 24.5 Å². The zero-order valence-electron chi connectivity index (χ0n) is 8.40. The van der Waals surface area contributed by atoms with E-state index in [-0.39, 0.29) is 0 Å². The van der Waals surface area contributed by atoms with Crippen molar-refractivity contribution in [2.45, 2.75) is 25.0 Å². The van der Waals surface area contributed by atoms with E-state index >= 15 is 0 Å². The average molecular weight is 212 g/mol. The monoisotopic (exact) mass is 212 g/mol. The van der Waals surface area contributed by atoms with Gasteiger partial charge in [-0.15, -0.1) is 0 Å². The van der Waals surface area contributed by atoms with Gasteiger partial charge in [0.1, 0.15) is 0 Å². The fourth-order valence-corrected chi connectivity index (χ4v) is 3.43. The van der Waals surface area contributed by atoms with Gasteiger partial charge in [-0.05, 0) is 25.1 Å². The molecule has 3 aliphatic rings. The predicted octanol–water partition coefficient (Wildman–Crippen LogP) is 0.600. The standard InChI is InChI=1S/C10H16N2OS/c1-11-10(14)12-4-6-7(5-12)9-3-2-8(6)13-9/h6-9H,2-5H2,1H3,(H,11,14)/t6-,7+,8+,9-. The zero-order chi connectivity index (χ0) is 9.71. The van der Waals surface area contributed by atoms with Crippen LogP contribution in [0.15, 0.2) is 0 Å². The fourth-order valence-electron chi connectivity index (χ4n) is 3.28. The largest absolute Gasteiger partial charge is 0.374 e. The molecule has 4 heteroatoms. The number of rotatable bonds is 0. The van der Waals surface area contributed by atoms with Crippen molar-refractivity contribution in [1.82, 2.24) is 10.2 Å². The second-order valence-electron chi connectivity index (χ2n) is 4.58. The molecule has 0 radical (unpaired) electrons. The molecule has 1 N–H and O–H groups in total. The number of nitrogens with zero attached hydrogens (tertiary/aromatic N) is 1. The van der Waals surface area contributed by atoms with E-state index in [1.165, 1.54) is 12.8 Å². The molecule has 3 nitrogen and oxygen atoms in total. The van der Waals surface area contributed by atoms with Crippen molar-refractivity contribution in [3.8, 4) is 0 Å². The molecule has 14 heavy (non-hydrogen) atoms. The van der Waals surface area contributed by atoms with Crippen LogP contribution in [0.5, 0.6) is 0 Å². The summed E-state index contributed by atoms with van der Waals surface area (Å²) < 4.78 is 5.91. The molecule has 3 fully saturated rings. The zero-order valence-corrected chi connectivity index (χ0v) is 9.22. The van der Waals surface area contributed by atoms with Crippen LogP contribution in [0.1, 0.15) is 12.8 Å². The first-order valence-electron chi connectivity index (χ1n) is 5.41. The van der Waals surface area contributed by atoms with Gasteiger partial charge in [0.15, 0.2) is 5.11 Å². The number of ether oxygens (including phenoxy) is 1. The number of thiocarbonyl (C=S) groups is 1. The summed E-state index contributed by atoms with van der Waals surface area (Å²) in [6, 6.07) is 0. The van der Waals surface area contributed by atoms with E-state index in [2.05, 4.69) is 10.2 Å². The van der Waals surface area contributed by atoms with Gasteiger partial charge in [0.2, 0.25) is 0 Å². The van der Waals surface area contributed by atoms with Crippen LogP contribution in [-0.2, 0) is 4.74 Å². The molecule has 0 aliphatic carbocycles. The van der Waals surface area contributed by atoms with E-state index in [0.29, 0.717) is 12.2 Å². The van der Waals surface area contributed by atoms with Crippen molar-refractivity contribution in [3.63, 3.8) is 0 Å². The molecule has 0 unspecified atom stereocenters. The van der Waals surface area contributed by atoms with Crippen LogP contribution in [0.3, 0.4) is 0 Å². The van der Waals surface area contributed by atoms with Gasteiger partial charge in [-0.3, -0.25) is 0 Å². The molecule has 0 aromatic rings. The third-order valence-electron chi connectivity index (χ3n) is 3.95. The highest BCUT2D eigenvalue weighted by molar-refractivity contribution is 7.80. The van der Waals surface area contributed by atoms with E-state index in [0.717, 1.165) is 30.0 Å². The summed E-state index contributed by atoms with van der Waals surface area (Å²) in [5.74, 6) is 1.50. The van der Waals surface area contributed by atoms with E-state index in [4.69, 9.17) is 17.0 Å². The predicted molar refractivity (Wildman–Crippen MR) is 58.1 cm³/mol. The van der Waals surface area contributed by atoms with Crippen molar-refractivity contribution in [3.05, 3.63) is 0 Å². The summed E-state index contributed by atoms with van der Waals surface area (Å²) in [6.07, 6.45) is 3.61. The lowest BCUT2D eigenvalue weighted by atomic mass is 9.82. The Kier molecular flexibility index (Phi) is 1.96. The van der Waals surface area contributed by atoms with E-state index in [1.807, 2.05) is 7.05 Å². The summed E-state index contributed by atoms with van der Waals surface area (Å²) >= 11 is 5.26. The lowest BCUT2D eigenvalue weighted by Gasteiger charge is -2.20. The summed E-state index contributed by atoms with van der Waals surface area (Å²) in [4.78, 5) is 2.30. The lowest BCUT2D eigenvalue weighted by Crippen LogP contribution is -2.37. The molecule has 0 amide bonds. The number of fused-ring (bicyclic) bond motifs is 5. The van der Waals surface area contributed by atoms with Crippen molar-refractivity contribution >= 4 is 17.3 Å². The van der Waals surface area contributed by atoms with Crippen molar-refractivity contribution in [2.75, 3.05) is 20.1 Å². The smallest absolute Gasteiger partial charge is 0.168 e. The average Bonchev–Trinajstić information content (AvgIpc) is 2.87. The third-order valence-corrected chi connectivity index (χ3v) is 4.42. The molecule has 0 aromatic heterocycles. The number of likely N-dealkylation sites (tertiary alicyclic amines) is 1. The highest BCUT2D eigenvalue weighted by Gasteiger charge is 2.53. The van der Waals surface area contributed by atoms with Crippen LogP contribution < -0.4 is 5.32 Å². The van der Waals surface area contributed by atoms with Crippen LogP contribution in [0.25, 0.3) is 0 Å². The molecule has 3 rings (SSSR count). The number of nitrogens with one attached hydrogen (secondary N) is 1. The molecule has 2 bridgehead atoms. The second-order valence-corrected chi connectivity index (χ2v) is 4.96. The van der Waals surface area contributed by atoms with Gasteiger partial charge in [0.25, 0.3) is 0 Å². The molecular formula is C10H16N2OS. The van der Waals surface area contributed by atoms with Gasteiger partial charge >= 0.3 is 0 Å².